The molecule has 0 aliphatic carbocycles. The van der Waals surface area contributed by atoms with Crippen molar-refractivity contribution in [1.82, 2.24) is 15.2 Å². The van der Waals surface area contributed by atoms with E-state index in [0.717, 1.165) is 55.5 Å². The van der Waals surface area contributed by atoms with Gasteiger partial charge in [-0.15, -0.1) is 0 Å². The number of para-hydroxylation sites is 1. The van der Waals surface area contributed by atoms with Crippen LogP contribution in [0.25, 0.3) is 10.9 Å². The lowest BCUT2D eigenvalue weighted by Crippen LogP contribution is -2.40. The largest absolute Gasteiger partial charge is 0.360 e. The van der Waals surface area contributed by atoms with Crippen molar-refractivity contribution >= 4 is 16.8 Å². The Balaban J connectivity index is 1.67. The molecular formula is C17H23N3O. The number of hydrogen-bond acceptors (Lipinski definition) is 2. The van der Waals surface area contributed by atoms with Crippen molar-refractivity contribution in [3.05, 3.63) is 36.0 Å². The van der Waals surface area contributed by atoms with Gasteiger partial charge in [-0.3, -0.25) is 4.79 Å². The smallest absolute Gasteiger partial charge is 0.256 e. The van der Waals surface area contributed by atoms with E-state index in [1.165, 1.54) is 0 Å². The highest BCUT2D eigenvalue weighted by atomic mass is 16.2. The summed E-state index contributed by atoms with van der Waals surface area (Å²) in [4.78, 5) is 17.9. The highest BCUT2D eigenvalue weighted by molar-refractivity contribution is 6.06. The fourth-order valence-corrected chi connectivity index (χ4v) is 3.11. The number of fused-ring (bicyclic) bond motifs is 1. The predicted molar refractivity (Wildman–Crippen MR) is 85.5 cm³/mol. The number of carbonyl (C=O) groups is 1. The fourth-order valence-electron chi connectivity index (χ4n) is 3.11. The van der Waals surface area contributed by atoms with E-state index >= 15 is 0 Å². The topological polar surface area (TPSA) is 48.1 Å². The zero-order valence-electron chi connectivity index (χ0n) is 12.6. The van der Waals surface area contributed by atoms with Crippen LogP contribution in [0.15, 0.2) is 30.5 Å². The van der Waals surface area contributed by atoms with Gasteiger partial charge in [-0.25, -0.2) is 0 Å². The van der Waals surface area contributed by atoms with Crippen LogP contribution in [-0.4, -0.2) is 42.0 Å². The number of aromatic nitrogens is 1. The van der Waals surface area contributed by atoms with E-state index in [-0.39, 0.29) is 5.91 Å². The molecule has 0 saturated carbocycles. The van der Waals surface area contributed by atoms with E-state index in [1.807, 2.05) is 35.4 Å². The van der Waals surface area contributed by atoms with Crippen molar-refractivity contribution in [1.29, 1.82) is 0 Å². The van der Waals surface area contributed by atoms with E-state index in [2.05, 4.69) is 17.2 Å². The van der Waals surface area contributed by atoms with Crippen molar-refractivity contribution in [2.45, 2.75) is 19.8 Å². The van der Waals surface area contributed by atoms with Gasteiger partial charge in [0.05, 0.1) is 5.56 Å². The summed E-state index contributed by atoms with van der Waals surface area (Å²) in [6.07, 6.45) is 4.04. The summed E-state index contributed by atoms with van der Waals surface area (Å²) in [5.41, 5.74) is 1.83. The quantitative estimate of drug-likeness (QED) is 0.907. The van der Waals surface area contributed by atoms with Gasteiger partial charge >= 0.3 is 0 Å². The van der Waals surface area contributed by atoms with Crippen LogP contribution in [0.4, 0.5) is 0 Å². The molecule has 2 N–H and O–H groups in total. The zero-order chi connectivity index (χ0) is 14.7. The Labute approximate surface area is 125 Å². The van der Waals surface area contributed by atoms with Crippen LogP contribution in [0.3, 0.4) is 0 Å². The summed E-state index contributed by atoms with van der Waals surface area (Å²) >= 11 is 0. The first-order valence-corrected chi connectivity index (χ1v) is 7.85. The van der Waals surface area contributed by atoms with E-state index in [9.17, 15) is 4.79 Å². The normalized spacial score (nSPS) is 16.5. The molecule has 0 spiro atoms. The molecule has 0 radical (unpaired) electrons. The number of nitrogens with zero attached hydrogens (tertiary/aromatic N) is 1. The van der Waals surface area contributed by atoms with E-state index in [1.54, 1.807) is 0 Å². The van der Waals surface area contributed by atoms with Crippen LogP contribution >= 0.6 is 0 Å². The van der Waals surface area contributed by atoms with Gasteiger partial charge in [0, 0.05) is 30.2 Å². The van der Waals surface area contributed by atoms with Gasteiger partial charge in [0.1, 0.15) is 0 Å². The molecule has 0 atom stereocenters. The predicted octanol–water partition coefficient (Wildman–Crippen LogP) is 2.63. The molecule has 21 heavy (non-hydrogen) atoms. The molecule has 4 nitrogen and oxygen atoms in total. The molecule has 4 heteroatoms. The first-order valence-electron chi connectivity index (χ1n) is 7.85. The summed E-state index contributed by atoms with van der Waals surface area (Å²) in [5.74, 6) is 0.867. The van der Waals surface area contributed by atoms with Gasteiger partial charge in [-0.1, -0.05) is 25.1 Å². The van der Waals surface area contributed by atoms with Crippen LogP contribution in [-0.2, 0) is 0 Å². The first-order chi connectivity index (χ1) is 10.3. The maximum Gasteiger partial charge on any atom is 0.256 e. The highest BCUT2D eigenvalue weighted by Gasteiger charge is 2.24. The number of aromatic amines is 1. The number of rotatable bonds is 4. The SMILES string of the molecule is CCNCC1CCN(C(=O)c2c[nH]c3ccccc23)CC1. The Bertz CT molecular complexity index is 611. The molecule has 1 fully saturated rings. The minimum absolute atomic E-state index is 0.161. The molecule has 1 aliphatic heterocycles. The molecule has 3 rings (SSSR count). The van der Waals surface area contributed by atoms with Crippen LogP contribution in [0.5, 0.6) is 0 Å². The average Bonchev–Trinajstić information content (AvgIpc) is 2.97. The fraction of sp³-hybridized carbons (Fsp3) is 0.471. The maximum absolute atomic E-state index is 12.7. The van der Waals surface area contributed by atoms with Crippen molar-refractivity contribution in [2.24, 2.45) is 5.92 Å². The standard InChI is InChI=1S/C17H23N3O/c1-2-18-11-13-7-9-20(10-8-13)17(21)15-12-19-16-6-4-3-5-14(15)16/h3-6,12-13,18-19H,2,7-11H2,1H3. The van der Waals surface area contributed by atoms with Crippen LogP contribution in [0, 0.1) is 5.92 Å². The second kappa shape index (κ2) is 6.31. The minimum Gasteiger partial charge on any atom is -0.360 e. The third-order valence-corrected chi connectivity index (χ3v) is 4.40. The molecule has 2 aromatic rings. The minimum atomic E-state index is 0.161. The third-order valence-electron chi connectivity index (χ3n) is 4.40. The van der Waals surface area contributed by atoms with Crippen molar-refractivity contribution in [2.75, 3.05) is 26.2 Å². The first kappa shape index (κ1) is 14.1. The summed E-state index contributed by atoms with van der Waals surface area (Å²) in [5, 5.41) is 4.43. The van der Waals surface area contributed by atoms with Crippen molar-refractivity contribution < 1.29 is 4.79 Å². The third kappa shape index (κ3) is 2.95. The van der Waals surface area contributed by atoms with Gasteiger partial charge < -0.3 is 15.2 Å². The Morgan fingerprint density at radius 3 is 2.86 bits per heavy atom. The molecule has 112 valence electrons. The molecule has 0 unspecified atom stereocenters. The Morgan fingerprint density at radius 1 is 1.33 bits per heavy atom. The number of hydrogen-bond donors (Lipinski definition) is 2. The molecule has 1 aromatic heterocycles. The average molecular weight is 285 g/mol. The second-order valence-corrected chi connectivity index (χ2v) is 5.79. The van der Waals surface area contributed by atoms with E-state index in [0.29, 0.717) is 5.92 Å². The number of H-pyrrole nitrogens is 1. The molecule has 1 saturated heterocycles. The summed E-state index contributed by atoms with van der Waals surface area (Å²) < 4.78 is 0. The van der Waals surface area contributed by atoms with Gasteiger partial charge in [-0.05, 0) is 37.9 Å². The number of likely N-dealkylation sites (tertiary alicyclic amines) is 1. The molecular weight excluding hydrogens is 262 g/mol. The molecule has 1 amide bonds. The van der Waals surface area contributed by atoms with Gasteiger partial charge in [0.15, 0.2) is 0 Å². The molecule has 1 aliphatic rings. The van der Waals surface area contributed by atoms with Crippen LogP contribution in [0.2, 0.25) is 0 Å². The van der Waals surface area contributed by atoms with Crippen molar-refractivity contribution in [3.63, 3.8) is 0 Å². The van der Waals surface area contributed by atoms with Crippen molar-refractivity contribution in [3.8, 4) is 0 Å². The lowest BCUT2D eigenvalue weighted by Gasteiger charge is -2.32. The molecule has 2 heterocycles. The summed E-state index contributed by atoms with van der Waals surface area (Å²) in [6.45, 7) is 5.97. The summed E-state index contributed by atoms with van der Waals surface area (Å²) in [6, 6.07) is 7.99. The number of amides is 1. The lowest BCUT2D eigenvalue weighted by molar-refractivity contribution is 0.0692. The molecule has 1 aromatic carbocycles. The van der Waals surface area contributed by atoms with Gasteiger partial charge in [-0.2, -0.15) is 0 Å². The lowest BCUT2D eigenvalue weighted by atomic mass is 9.96. The number of benzene rings is 1. The van der Waals surface area contributed by atoms with Crippen LogP contribution in [0.1, 0.15) is 30.1 Å². The van der Waals surface area contributed by atoms with Gasteiger partial charge in [0.2, 0.25) is 0 Å². The highest BCUT2D eigenvalue weighted by Crippen LogP contribution is 2.23. The number of piperidine rings is 1. The van der Waals surface area contributed by atoms with Gasteiger partial charge in [0.25, 0.3) is 5.91 Å². The molecule has 0 bridgehead atoms. The second-order valence-electron chi connectivity index (χ2n) is 5.79. The summed E-state index contributed by atoms with van der Waals surface area (Å²) in [7, 11) is 0. The van der Waals surface area contributed by atoms with E-state index < -0.39 is 0 Å². The number of nitrogens with one attached hydrogen (secondary N) is 2. The van der Waals surface area contributed by atoms with E-state index in [4.69, 9.17) is 0 Å². The Hall–Kier alpha value is -1.81. The number of carbonyl (C=O) groups excluding carboxylic acids is 1. The monoisotopic (exact) mass is 285 g/mol. The zero-order valence-corrected chi connectivity index (χ0v) is 12.6. The maximum atomic E-state index is 12.7. The Morgan fingerprint density at radius 2 is 2.10 bits per heavy atom. The van der Waals surface area contributed by atoms with Crippen LogP contribution < -0.4 is 5.32 Å². The Kier molecular flexibility index (Phi) is 4.25.